The Morgan fingerprint density at radius 3 is 1.80 bits per heavy atom. The summed E-state index contributed by atoms with van der Waals surface area (Å²) in [5.74, 6) is -1.20. The van der Waals surface area contributed by atoms with Crippen LogP contribution in [0.5, 0.6) is 0 Å². The van der Waals surface area contributed by atoms with Gasteiger partial charge in [0.15, 0.2) is 0 Å². The van der Waals surface area contributed by atoms with Crippen LogP contribution in [0, 0.1) is 0 Å². The Labute approximate surface area is 91.5 Å². The molecule has 0 aromatic rings. The highest BCUT2D eigenvalue weighted by Crippen LogP contribution is 1.97. The second kappa shape index (κ2) is 7.62. The number of aliphatic carboxylic acids is 1. The molecule has 2 N–H and O–H groups in total. The van der Waals surface area contributed by atoms with Gasteiger partial charge in [-0.25, -0.2) is 0 Å². The topological polar surface area (TPSA) is 80.6 Å². The van der Waals surface area contributed by atoms with Crippen LogP contribution in [-0.4, -0.2) is 60.6 Å². The summed E-state index contributed by atoms with van der Waals surface area (Å²) in [6, 6.07) is 0. The van der Waals surface area contributed by atoms with E-state index < -0.39 is 12.1 Å². The molecule has 0 radical (unpaired) electrons. The Morgan fingerprint density at radius 1 is 1.27 bits per heavy atom. The number of aliphatic hydroxyl groups excluding tert-OH is 2. The van der Waals surface area contributed by atoms with E-state index in [-0.39, 0.29) is 12.5 Å². The lowest BCUT2D eigenvalue weighted by Crippen LogP contribution is -2.43. The maximum atomic E-state index is 10.0. The van der Waals surface area contributed by atoms with Crippen molar-refractivity contribution in [3.63, 3.8) is 0 Å². The van der Waals surface area contributed by atoms with E-state index in [1.807, 2.05) is 21.1 Å². The number of likely N-dealkylation sites (N-methyl/N-ethyl adjacent to an activating group) is 1. The lowest BCUT2D eigenvalue weighted by molar-refractivity contribution is -0.873. The first-order chi connectivity index (χ1) is 6.54. The van der Waals surface area contributed by atoms with Crippen LogP contribution in [0.1, 0.15) is 20.3 Å². The molecular weight excluding hydrogens is 198 g/mol. The predicted molar refractivity (Wildman–Crippen MR) is 55.9 cm³/mol. The molecule has 0 aliphatic rings. The van der Waals surface area contributed by atoms with E-state index >= 15 is 0 Å². The predicted octanol–water partition coefficient (Wildman–Crippen LogP) is -1.42. The van der Waals surface area contributed by atoms with E-state index in [0.29, 0.717) is 11.0 Å². The van der Waals surface area contributed by atoms with Crippen molar-refractivity contribution in [2.75, 3.05) is 27.7 Å². The average molecular weight is 221 g/mol. The largest absolute Gasteiger partial charge is 0.550 e. The zero-order valence-electron chi connectivity index (χ0n) is 10.2. The minimum absolute atomic E-state index is 0.167. The molecule has 0 aromatic heterocycles. The van der Waals surface area contributed by atoms with Gasteiger partial charge in [-0.1, -0.05) is 0 Å². The minimum Gasteiger partial charge on any atom is -0.550 e. The first-order valence-electron chi connectivity index (χ1n) is 4.91. The van der Waals surface area contributed by atoms with E-state index in [9.17, 15) is 9.90 Å². The smallest absolute Gasteiger partial charge is 0.108 e. The summed E-state index contributed by atoms with van der Waals surface area (Å²) < 4.78 is 0.550. The standard InChI is InChI=1S/C7H15NO3.C3H8O/c1-8(2,3)5-6(9)4-7(10)11;1-3(2)4/h6,9H,4-5H2,1-3H3;3-4H,1-2H3. The van der Waals surface area contributed by atoms with Gasteiger partial charge in [-0.2, -0.15) is 0 Å². The number of carboxylic acid groups (broad SMARTS) is 1. The Balaban J connectivity index is 0. The number of hydrogen-bond acceptors (Lipinski definition) is 4. The molecule has 0 aliphatic heterocycles. The zero-order chi connectivity index (χ0) is 12.6. The van der Waals surface area contributed by atoms with E-state index in [4.69, 9.17) is 10.2 Å². The van der Waals surface area contributed by atoms with Gasteiger partial charge in [0.1, 0.15) is 12.6 Å². The summed E-state index contributed by atoms with van der Waals surface area (Å²) in [7, 11) is 5.66. The lowest BCUT2D eigenvalue weighted by atomic mass is 10.2. The highest BCUT2D eigenvalue weighted by molar-refractivity contribution is 5.64. The van der Waals surface area contributed by atoms with Crippen molar-refractivity contribution in [1.82, 2.24) is 0 Å². The Morgan fingerprint density at radius 2 is 1.60 bits per heavy atom. The highest BCUT2D eigenvalue weighted by atomic mass is 16.4. The molecule has 15 heavy (non-hydrogen) atoms. The first-order valence-corrected chi connectivity index (χ1v) is 4.91. The molecule has 0 spiro atoms. The van der Waals surface area contributed by atoms with E-state index in [0.717, 1.165) is 0 Å². The molecule has 0 heterocycles. The third kappa shape index (κ3) is 24.7. The van der Waals surface area contributed by atoms with Gasteiger partial charge in [0.25, 0.3) is 0 Å². The van der Waals surface area contributed by atoms with Crippen LogP contribution in [0.25, 0.3) is 0 Å². The molecule has 0 aromatic carbocycles. The van der Waals surface area contributed by atoms with Crippen LogP contribution in [0.15, 0.2) is 0 Å². The third-order valence-corrected chi connectivity index (χ3v) is 1.16. The monoisotopic (exact) mass is 221 g/mol. The van der Waals surface area contributed by atoms with E-state index in [1.54, 1.807) is 13.8 Å². The number of carbonyl (C=O) groups is 1. The fourth-order valence-corrected chi connectivity index (χ4v) is 0.889. The van der Waals surface area contributed by atoms with Crippen molar-refractivity contribution in [1.29, 1.82) is 0 Å². The fraction of sp³-hybridized carbons (Fsp3) is 0.900. The zero-order valence-corrected chi connectivity index (χ0v) is 10.2. The second-order valence-electron chi connectivity index (χ2n) is 4.80. The van der Waals surface area contributed by atoms with Crippen molar-refractivity contribution in [2.45, 2.75) is 32.5 Å². The minimum atomic E-state index is -1.20. The molecule has 92 valence electrons. The van der Waals surface area contributed by atoms with Crippen LogP contribution >= 0.6 is 0 Å². The van der Waals surface area contributed by atoms with Gasteiger partial charge >= 0.3 is 0 Å². The summed E-state index contributed by atoms with van der Waals surface area (Å²) >= 11 is 0. The summed E-state index contributed by atoms with van der Waals surface area (Å²) in [6.07, 6.45) is -1.25. The number of hydrogen-bond donors (Lipinski definition) is 2. The maximum absolute atomic E-state index is 10.0. The normalized spacial score (nSPS) is 13.1. The quantitative estimate of drug-likeness (QED) is 0.571. The van der Waals surface area contributed by atoms with Gasteiger partial charge < -0.3 is 24.6 Å². The molecule has 0 rings (SSSR count). The number of carboxylic acids is 1. The maximum Gasteiger partial charge on any atom is 0.108 e. The second-order valence-corrected chi connectivity index (χ2v) is 4.80. The molecule has 5 nitrogen and oxygen atoms in total. The van der Waals surface area contributed by atoms with Crippen molar-refractivity contribution in [2.24, 2.45) is 0 Å². The number of carbonyl (C=O) groups excluding carboxylic acids is 1. The summed E-state index contributed by atoms with van der Waals surface area (Å²) in [5.41, 5.74) is 0. The molecule has 0 amide bonds. The van der Waals surface area contributed by atoms with Crippen LogP contribution in [0.2, 0.25) is 0 Å². The van der Waals surface area contributed by atoms with Crippen molar-refractivity contribution in [3.8, 4) is 0 Å². The van der Waals surface area contributed by atoms with E-state index in [1.165, 1.54) is 0 Å². The number of rotatable bonds is 4. The molecule has 1 atom stereocenters. The van der Waals surface area contributed by atoms with Gasteiger partial charge in [0.05, 0.1) is 21.1 Å². The van der Waals surface area contributed by atoms with Gasteiger partial charge in [0.2, 0.25) is 0 Å². The molecule has 0 bridgehead atoms. The summed E-state index contributed by atoms with van der Waals surface area (Å²) in [4.78, 5) is 10.0. The van der Waals surface area contributed by atoms with E-state index in [2.05, 4.69) is 0 Å². The molecule has 0 saturated heterocycles. The van der Waals surface area contributed by atoms with Crippen molar-refractivity contribution in [3.05, 3.63) is 0 Å². The highest BCUT2D eigenvalue weighted by Gasteiger charge is 2.14. The summed E-state index contributed by atoms with van der Waals surface area (Å²) in [5, 5.41) is 27.2. The van der Waals surface area contributed by atoms with Crippen LogP contribution in [-0.2, 0) is 4.79 Å². The fourth-order valence-electron chi connectivity index (χ4n) is 0.889. The van der Waals surface area contributed by atoms with Crippen LogP contribution < -0.4 is 5.11 Å². The van der Waals surface area contributed by atoms with Gasteiger partial charge in [-0.3, -0.25) is 0 Å². The SMILES string of the molecule is CC(C)O.C[N+](C)(C)CC(O)CC(=O)[O-]. The Bertz CT molecular complexity index is 172. The first kappa shape index (κ1) is 16.8. The third-order valence-electron chi connectivity index (χ3n) is 1.16. The molecule has 0 saturated carbocycles. The number of quaternary nitrogens is 1. The lowest BCUT2D eigenvalue weighted by Gasteiger charge is -2.26. The van der Waals surface area contributed by atoms with Gasteiger partial charge in [-0.15, -0.1) is 0 Å². The van der Waals surface area contributed by atoms with Crippen molar-refractivity contribution >= 4 is 5.97 Å². The van der Waals surface area contributed by atoms with Crippen molar-refractivity contribution < 1.29 is 24.6 Å². The Hall–Kier alpha value is -0.650. The average Bonchev–Trinajstić information content (AvgIpc) is 1.76. The van der Waals surface area contributed by atoms with Crippen LogP contribution in [0.4, 0.5) is 0 Å². The van der Waals surface area contributed by atoms with Gasteiger partial charge in [0, 0.05) is 18.5 Å². The molecule has 0 aliphatic carbocycles. The Kier molecular flexibility index (Phi) is 8.51. The van der Waals surface area contributed by atoms with Crippen LogP contribution in [0.3, 0.4) is 0 Å². The number of nitrogens with zero attached hydrogens (tertiary/aromatic N) is 1. The molecule has 1 unspecified atom stereocenters. The molecule has 5 heteroatoms. The summed E-state index contributed by atoms with van der Waals surface area (Å²) in [6.45, 7) is 3.87. The molecule has 0 fully saturated rings. The van der Waals surface area contributed by atoms with Gasteiger partial charge in [-0.05, 0) is 13.8 Å². The molecular formula is C10H23NO4. The number of aliphatic hydroxyl groups is 2.